The number of benzene rings is 2. The van der Waals surface area contributed by atoms with Crippen LogP contribution < -0.4 is 10.1 Å². The van der Waals surface area contributed by atoms with Crippen LogP contribution in [0.2, 0.25) is 10.0 Å². The molecule has 0 saturated carbocycles. The lowest BCUT2D eigenvalue weighted by atomic mass is 10.2. The number of nitrogens with one attached hydrogen (secondary N) is 1. The molecule has 0 aliphatic heterocycles. The normalized spacial score (nSPS) is 11.5. The zero-order valence-electron chi connectivity index (χ0n) is 16.3. The Morgan fingerprint density at radius 2 is 1.84 bits per heavy atom. The van der Waals surface area contributed by atoms with E-state index in [4.69, 9.17) is 32.7 Å². The molecule has 1 N–H and O–H groups in total. The van der Waals surface area contributed by atoms with Crippen LogP contribution in [-0.2, 0) is 16.1 Å². The number of esters is 1. The number of amides is 1. The second-order valence-corrected chi connectivity index (χ2v) is 7.28. The van der Waals surface area contributed by atoms with E-state index in [-0.39, 0.29) is 34.6 Å². The molecule has 31 heavy (non-hydrogen) atoms. The zero-order valence-corrected chi connectivity index (χ0v) is 17.8. The van der Waals surface area contributed by atoms with E-state index in [0.717, 1.165) is 5.56 Å². The fraction of sp³-hybridized carbons (Fsp3) is 0.136. The predicted octanol–water partition coefficient (Wildman–Crippen LogP) is 5.29. The van der Waals surface area contributed by atoms with Gasteiger partial charge in [-0.05, 0) is 42.8 Å². The molecule has 0 spiro atoms. The molecule has 1 aromatic heterocycles. The van der Waals surface area contributed by atoms with E-state index in [1.165, 1.54) is 37.4 Å². The van der Waals surface area contributed by atoms with Crippen molar-refractivity contribution < 1.29 is 23.5 Å². The number of halogens is 3. The summed E-state index contributed by atoms with van der Waals surface area (Å²) in [6.45, 7) is 1.54. The van der Waals surface area contributed by atoms with Gasteiger partial charge in [-0.25, -0.2) is 14.2 Å². The minimum absolute atomic E-state index is 0.0991. The molecular formula is C22H17Cl2FN2O4. The minimum atomic E-state index is -1.13. The quantitative estimate of drug-likeness (QED) is 0.482. The van der Waals surface area contributed by atoms with E-state index in [1.807, 2.05) is 0 Å². The molecule has 0 saturated heterocycles. The topological polar surface area (TPSA) is 77.5 Å². The van der Waals surface area contributed by atoms with Crippen LogP contribution in [0.3, 0.4) is 0 Å². The highest BCUT2D eigenvalue weighted by Crippen LogP contribution is 2.24. The Bertz CT molecular complexity index is 1090. The first-order valence-corrected chi connectivity index (χ1v) is 9.88. The summed E-state index contributed by atoms with van der Waals surface area (Å²) in [7, 11) is 0. The van der Waals surface area contributed by atoms with Crippen LogP contribution in [0.15, 0.2) is 60.8 Å². The highest BCUT2D eigenvalue weighted by Gasteiger charge is 2.22. The summed E-state index contributed by atoms with van der Waals surface area (Å²) < 4.78 is 24.0. The van der Waals surface area contributed by atoms with Crippen molar-refractivity contribution in [1.82, 2.24) is 4.98 Å². The van der Waals surface area contributed by atoms with Crippen molar-refractivity contribution in [2.24, 2.45) is 0 Å². The number of nitrogens with zero attached hydrogens (tertiary/aromatic N) is 1. The number of para-hydroxylation sites is 1. The Morgan fingerprint density at radius 1 is 1.13 bits per heavy atom. The van der Waals surface area contributed by atoms with Gasteiger partial charge in [0.1, 0.15) is 23.7 Å². The van der Waals surface area contributed by atoms with Crippen LogP contribution in [0.1, 0.15) is 22.8 Å². The summed E-state index contributed by atoms with van der Waals surface area (Å²) >= 11 is 11.8. The Hall–Kier alpha value is -3.16. The number of hydrogen-bond donors (Lipinski definition) is 1. The first kappa shape index (κ1) is 22.5. The van der Waals surface area contributed by atoms with Crippen LogP contribution in [0, 0.1) is 5.82 Å². The number of pyridine rings is 1. The molecule has 1 unspecified atom stereocenters. The summed E-state index contributed by atoms with van der Waals surface area (Å²) in [6.07, 6.45) is 0.195. The van der Waals surface area contributed by atoms with Crippen molar-refractivity contribution in [2.45, 2.75) is 19.6 Å². The maximum atomic E-state index is 13.0. The van der Waals surface area contributed by atoms with Crippen LogP contribution in [-0.4, -0.2) is 23.0 Å². The Morgan fingerprint density at radius 3 is 2.55 bits per heavy atom. The van der Waals surface area contributed by atoms with Gasteiger partial charge in [0, 0.05) is 6.20 Å². The maximum Gasteiger partial charge on any atom is 0.342 e. The van der Waals surface area contributed by atoms with Crippen molar-refractivity contribution >= 4 is 40.9 Å². The number of aromatic nitrogens is 1. The van der Waals surface area contributed by atoms with E-state index in [0.29, 0.717) is 5.02 Å². The smallest absolute Gasteiger partial charge is 0.342 e. The average molecular weight is 463 g/mol. The number of carbonyl (C=O) groups is 2. The second kappa shape index (κ2) is 10.2. The Kier molecular flexibility index (Phi) is 7.44. The highest BCUT2D eigenvalue weighted by molar-refractivity contribution is 6.36. The third-order valence-electron chi connectivity index (χ3n) is 4.12. The number of ether oxygens (including phenoxy) is 2. The molecule has 0 fully saturated rings. The molecule has 0 bridgehead atoms. The maximum absolute atomic E-state index is 13.0. The van der Waals surface area contributed by atoms with Crippen molar-refractivity contribution in [3.8, 4) is 5.75 Å². The van der Waals surface area contributed by atoms with Crippen molar-refractivity contribution in [3.05, 3.63) is 87.8 Å². The van der Waals surface area contributed by atoms with Gasteiger partial charge in [0.25, 0.3) is 5.91 Å². The molecule has 6 nitrogen and oxygen atoms in total. The molecular weight excluding hydrogens is 446 g/mol. The molecule has 2 aromatic carbocycles. The molecule has 1 atom stereocenters. The third-order valence-corrected chi connectivity index (χ3v) is 4.61. The fourth-order valence-electron chi connectivity index (χ4n) is 2.51. The van der Waals surface area contributed by atoms with Gasteiger partial charge in [0.2, 0.25) is 0 Å². The van der Waals surface area contributed by atoms with Crippen LogP contribution in [0.5, 0.6) is 5.75 Å². The Labute approximate surface area is 187 Å². The summed E-state index contributed by atoms with van der Waals surface area (Å²) in [4.78, 5) is 28.9. The van der Waals surface area contributed by atoms with Gasteiger partial charge in [-0.15, -0.1) is 0 Å². The van der Waals surface area contributed by atoms with Gasteiger partial charge < -0.3 is 14.8 Å². The number of anilines is 1. The number of carbonyl (C=O) groups excluding carboxylic acids is 2. The van der Waals surface area contributed by atoms with Gasteiger partial charge in [-0.1, -0.05) is 47.5 Å². The summed E-state index contributed by atoms with van der Waals surface area (Å²) in [5, 5.41) is 2.95. The summed E-state index contributed by atoms with van der Waals surface area (Å²) in [5.41, 5.74) is 0.872. The molecule has 0 aliphatic carbocycles. The Balaban J connectivity index is 1.64. The lowest BCUT2D eigenvalue weighted by molar-refractivity contribution is -0.123. The van der Waals surface area contributed by atoms with Crippen LogP contribution in [0.25, 0.3) is 0 Å². The average Bonchev–Trinajstić information content (AvgIpc) is 2.75. The van der Waals surface area contributed by atoms with Crippen molar-refractivity contribution in [2.75, 3.05) is 5.32 Å². The molecule has 0 aliphatic rings. The fourth-order valence-corrected chi connectivity index (χ4v) is 2.93. The van der Waals surface area contributed by atoms with Crippen LogP contribution >= 0.6 is 23.2 Å². The largest absolute Gasteiger partial charge is 0.488 e. The molecule has 3 aromatic rings. The standard InChI is InChI=1S/C22H17Cl2FN2O4/c1-13(21(28)27-20-18(24)10-15(23)11-26-20)31-22(29)17-4-2-3-5-19(17)30-12-14-6-8-16(25)9-7-14/h2-11,13H,12H2,1H3,(H,26,27,28). The molecule has 0 radical (unpaired) electrons. The molecule has 160 valence electrons. The van der Waals surface area contributed by atoms with E-state index >= 15 is 0 Å². The SMILES string of the molecule is CC(OC(=O)c1ccccc1OCc1ccc(F)cc1)C(=O)Nc1ncc(Cl)cc1Cl. The summed E-state index contributed by atoms with van der Waals surface area (Å²) in [5.74, 6) is -1.34. The summed E-state index contributed by atoms with van der Waals surface area (Å²) in [6, 6.07) is 13.7. The van der Waals surface area contributed by atoms with Crippen LogP contribution in [0.4, 0.5) is 10.2 Å². The van der Waals surface area contributed by atoms with E-state index < -0.39 is 18.0 Å². The van der Waals surface area contributed by atoms with Crippen molar-refractivity contribution in [3.63, 3.8) is 0 Å². The van der Waals surface area contributed by atoms with E-state index in [1.54, 1.807) is 30.3 Å². The highest BCUT2D eigenvalue weighted by atomic mass is 35.5. The van der Waals surface area contributed by atoms with Gasteiger partial charge >= 0.3 is 5.97 Å². The zero-order chi connectivity index (χ0) is 22.4. The molecule has 1 heterocycles. The van der Waals surface area contributed by atoms with E-state index in [2.05, 4.69) is 10.3 Å². The number of hydrogen-bond acceptors (Lipinski definition) is 5. The van der Waals surface area contributed by atoms with Gasteiger partial charge in [0.05, 0.1) is 10.0 Å². The van der Waals surface area contributed by atoms with Gasteiger partial charge in [-0.3, -0.25) is 4.79 Å². The van der Waals surface area contributed by atoms with Crippen molar-refractivity contribution in [1.29, 1.82) is 0 Å². The molecule has 1 amide bonds. The monoisotopic (exact) mass is 462 g/mol. The van der Waals surface area contributed by atoms with Gasteiger partial charge in [0.15, 0.2) is 11.9 Å². The third kappa shape index (κ3) is 6.16. The molecule has 3 rings (SSSR count). The minimum Gasteiger partial charge on any atom is -0.488 e. The first-order chi connectivity index (χ1) is 14.8. The lowest BCUT2D eigenvalue weighted by Gasteiger charge is -2.15. The lowest BCUT2D eigenvalue weighted by Crippen LogP contribution is -2.30. The first-order valence-electron chi connectivity index (χ1n) is 9.12. The van der Waals surface area contributed by atoms with E-state index in [9.17, 15) is 14.0 Å². The van der Waals surface area contributed by atoms with Gasteiger partial charge in [-0.2, -0.15) is 0 Å². The number of rotatable bonds is 7. The second-order valence-electron chi connectivity index (χ2n) is 6.43. The predicted molar refractivity (Wildman–Crippen MR) is 115 cm³/mol. The molecule has 9 heteroatoms.